The van der Waals surface area contributed by atoms with Crippen molar-refractivity contribution in [3.8, 4) is 0 Å². The Morgan fingerprint density at radius 3 is 2.34 bits per heavy atom. The second-order valence-electron chi connectivity index (χ2n) is 8.07. The van der Waals surface area contributed by atoms with Crippen LogP contribution in [0.5, 0.6) is 0 Å². The van der Waals surface area contributed by atoms with Crippen LogP contribution in [0.25, 0.3) is 10.8 Å². The Bertz CT molecular complexity index is 1560. The summed E-state index contributed by atoms with van der Waals surface area (Å²) in [4.78, 5) is 33.2. The third kappa shape index (κ3) is 4.74. The number of hydrogen-bond donors (Lipinski definition) is 0. The Kier molecular flexibility index (Phi) is 6.20. The summed E-state index contributed by atoms with van der Waals surface area (Å²) in [6.07, 6.45) is 0. The average Bonchev–Trinajstić information content (AvgIpc) is 3.30. The summed E-state index contributed by atoms with van der Waals surface area (Å²) in [6, 6.07) is 22.2. The number of hydrogen-bond acceptors (Lipinski definition) is 5. The fourth-order valence-corrected chi connectivity index (χ4v) is 4.53. The Balaban J connectivity index is 1.64. The van der Waals surface area contributed by atoms with Gasteiger partial charge in [0.1, 0.15) is 5.82 Å². The van der Waals surface area contributed by atoms with Crippen LogP contribution in [-0.4, -0.2) is 20.7 Å². The molecule has 0 spiro atoms. The SMILES string of the molecule is Cc1nc(CN(C(=O)c2nn(Cc3ccccc3)c(=O)c3ccccc23)c2ccc(F)cc2)cs1. The van der Waals surface area contributed by atoms with E-state index in [4.69, 9.17) is 0 Å². The minimum absolute atomic E-state index is 0.146. The molecule has 3 aromatic carbocycles. The first kappa shape index (κ1) is 22.6. The number of carbonyl (C=O) groups is 1. The van der Waals surface area contributed by atoms with Crippen LogP contribution in [0.3, 0.4) is 0 Å². The van der Waals surface area contributed by atoms with Crippen LogP contribution in [0, 0.1) is 12.7 Å². The summed E-state index contributed by atoms with van der Waals surface area (Å²) in [5.41, 5.74) is 1.99. The molecule has 2 aromatic heterocycles. The van der Waals surface area contributed by atoms with E-state index in [1.165, 1.54) is 33.1 Å². The number of aryl methyl sites for hydroxylation is 1. The van der Waals surface area contributed by atoms with Crippen molar-refractivity contribution in [1.82, 2.24) is 14.8 Å². The lowest BCUT2D eigenvalue weighted by Gasteiger charge is -2.23. The van der Waals surface area contributed by atoms with Gasteiger partial charge in [0.15, 0.2) is 5.69 Å². The molecule has 0 fully saturated rings. The molecular weight excluding hydrogens is 463 g/mol. The van der Waals surface area contributed by atoms with E-state index in [2.05, 4.69) is 10.1 Å². The summed E-state index contributed by atoms with van der Waals surface area (Å²) in [6.45, 7) is 2.31. The molecule has 0 atom stereocenters. The fraction of sp³-hybridized carbons (Fsp3) is 0.111. The van der Waals surface area contributed by atoms with Crippen molar-refractivity contribution in [3.63, 3.8) is 0 Å². The number of rotatable bonds is 6. The molecule has 2 heterocycles. The van der Waals surface area contributed by atoms with Crippen molar-refractivity contribution in [3.05, 3.63) is 122 Å². The third-order valence-electron chi connectivity index (χ3n) is 5.62. The Morgan fingerprint density at radius 2 is 1.66 bits per heavy atom. The highest BCUT2D eigenvalue weighted by Crippen LogP contribution is 2.24. The molecule has 0 aliphatic heterocycles. The molecule has 1 amide bonds. The number of carbonyl (C=O) groups excluding carboxylic acids is 1. The average molecular weight is 485 g/mol. The number of amides is 1. The number of fused-ring (bicyclic) bond motifs is 1. The summed E-state index contributed by atoms with van der Waals surface area (Å²) in [5.74, 6) is -0.800. The second-order valence-corrected chi connectivity index (χ2v) is 9.13. The van der Waals surface area contributed by atoms with E-state index in [0.717, 1.165) is 10.6 Å². The number of halogens is 1. The molecule has 6 nitrogen and oxygen atoms in total. The number of anilines is 1. The Labute approximate surface area is 204 Å². The molecule has 0 saturated carbocycles. The summed E-state index contributed by atoms with van der Waals surface area (Å²) in [7, 11) is 0. The molecule has 0 aliphatic rings. The van der Waals surface area contributed by atoms with Gasteiger partial charge < -0.3 is 4.90 Å². The van der Waals surface area contributed by atoms with E-state index in [9.17, 15) is 14.0 Å². The zero-order chi connectivity index (χ0) is 24.4. The minimum atomic E-state index is -0.403. The van der Waals surface area contributed by atoms with E-state index in [1.54, 1.807) is 36.4 Å². The molecule has 0 aliphatic carbocycles. The van der Waals surface area contributed by atoms with Crippen molar-refractivity contribution in [1.29, 1.82) is 0 Å². The lowest BCUT2D eigenvalue weighted by atomic mass is 10.1. The molecule has 0 bridgehead atoms. The molecule has 0 N–H and O–H groups in total. The summed E-state index contributed by atoms with van der Waals surface area (Å²) < 4.78 is 15.0. The maximum atomic E-state index is 14.0. The highest BCUT2D eigenvalue weighted by atomic mass is 32.1. The molecular formula is C27H21FN4O2S. The highest BCUT2D eigenvalue weighted by Gasteiger charge is 2.24. The van der Waals surface area contributed by atoms with Gasteiger partial charge in [-0.2, -0.15) is 5.10 Å². The molecule has 0 saturated heterocycles. The predicted octanol–water partition coefficient (Wildman–Crippen LogP) is 5.20. The van der Waals surface area contributed by atoms with Crippen molar-refractivity contribution in [2.75, 3.05) is 4.90 Å². The summed E-state index contributed by atoms with van der Waals surface area (Å²) >= 11 is 1.49. The van der Waals surface area contributed by atoms with Gasteiger partial charge in [-0.1, -0.05) is 48.5 Å². The Hall–Kier alpha value is -4.17. The third-order valence-corrected chi connectivity index (χ3v) is 6.44. The molecule has 0 unspecified atom stereocenters. The smallest absolute Gasteiger partial charge is 0.279 e. The quantitative estimate of drug-likeness (QED) is 0.332. The number of aromatic nitrogens is 3. The van der Waals surface area contributed by atoms with Gasteiger partial charge in [-0.25, -0.2) is 14.1 Å². The standard InChI is InChI=1S/C27H21FN4O2S/c1-18-29-21(17-35-18)16-31(22-13-11-20(28)12-14-22)27(34)25-23-9-5-6-10-24(23)26(33)32(30-25)15-19-7-3-2-4-8-19/h2-14,17H,15-16H2,1H3. The van der Waals surface area contributed by atoms with Gasteiger partial charge in [-0.3, -0.25) is 9.59 Å². The van der Waals surface area contributed by atoms with Gasteiger partial charge in [-0.05, 0) is 42.8 Å². The first-order chi connectivity index (χ1) is 17.0. The monoisotopic (exact) mass is 484 g/mol. The molecule has 5 aromatic rings. The topological polar surface area (TPSA) is 68.1 Å². The zero-order valence-corrected chi connectivity index (χ0v) is 19.7. The Morgan fingerprint density at radius 1 is 0.971 bits per heavy atom. The van der Waals surface area contributed by atoms with Crippen molar-refractivity contribution < 1.29 is 9.18 Å². The van der Waals surface area contributed by atoms with Gasteiger partial charge in [0.05, 0.1) is 29.2 Å². The summed E-state index contributed by atoms with van der Waals surface area (Å²) in [5, 5.41) is 8.17. The number of thiazole rings is 1. The van der Waals surface area contributed by atoms with Crippen LogP contribution in [-0.2, 0) is 13.1 Å². The van der Waals surface area contributed by atoms with E-state index >= 15 is 0 Å². The van der Waals surface area contributed by atoms with Crippen LogP contribution in [0.4, 0.5) is 10.1 Å². The normalized spacial score (nSPS) is 11.0. The van der Waals surface area contributed by atoms with E-state index in [1.807, 2.05) is 42.6 Å². The minimum Gasteiger partial charge on any atom is -0.301 e. The molecule has 5 rings (SSSR count). The lowest BCUT2D eigenvalue weighted by Crippen LogP contribution is -2.34. The van der Waals surface area contributed by atoms with Gasteiger partial charge in [0, 0.05) is 16.5 Å². The first-order valence-electron chi connectivity index (χ1n) is 11.0. The van der Waals surface area contributed by atoms with E-state index in [0.29, 0.717) is 22.2 Å². The van der Waals surface area contributed by atoms with Crippen molar-refractivity contribution in [2.45, 2.75) is 20.0 Å². The van der Waals surface area contributed by atoms with Crippen LogP contribution in [0.2, 0.25) is 0 Å². The number of benzene rings is 3. The van der Waals surface area contributed by atoms with Gasteiger partial charge in [-0.15, -0.1) is 11.3 Å². The maximum Gasteiger partial charge on any atom is 0.279 e. The van der Waals surface area contributed by atoms with Gasteiger partial charge in [0.2, 0.25) is 0 Å². The van der Waals surface area contributed by atoms with Crippen LogP contribution in [0.1, 0.15) is 26.8 Å². The fourth-order valence-electron chi connectivity index (χ4n) is 3.93. The zero-order valence-electron chi connectivity index (χ0n) is 18.9. The molecule has 174 valence electrons. The van der Waals surface area contributed by atoms with Crippen molar-refractivity contribution >= 4 is 33.7 Å². The lowest BCUT2D eigenvalue weighted by molar-refractivity contribution is 0.0979. The van der Waals surface area contributed by atoms with Gasteiger partial charge >= 0.3 is 0 Å². The van der Waals surface area contributed by atoms with Gasteiger partial charge in [0.25, 0.3) is 11.5 Å². The maximum absolute atomic E-state index is 14.0. The second kappa shape index (κ2) is 9.60. The van der Waals surface area contributed by atoms with Crippen LogP contribution < -0.4 is 10.5 Å². The van der Waals surface area contributed by atoms with Crippen LogP contribution in [0.15, 0.2) is 89.0 Å². The van der Waals surface area contributed by atoms with Crippen LogP contribution >= 0.6 is 11.3 Å². The first-order valence-corrected chi connectivity index (χ1v) is 11.9. The predicted molar refractivity (Wildman–Crippen MR) is 135 cm³/mol. The molecule has 0 radical (unpaired) electrons. The largest absolute Gasteiger partial charge is 0.301 e. The highest BCUT2D eigenvalue weighted by molar-refractivity contribution is 7.09. The van der Waals surface area contributed by atoms with E-state index < -0.39 is 11.7 Å². The van der Waals surface area contributed by atoms with E-state index in [-0.39, 0.29) is 24.3 Å². The molecule has 8 heteroatoms. The molecule has 35 heavy (non-hydrogen) atoms. The van der Waals surface area contributed by atoms with Crippen molar-refractivity contribution in [2.24, 2.45) is 0 Å². The number of nitrogens with zero attached hydrogens (tertiary/aromatic N) is 4.